The first-order valence-corrected chi connectivity index (χ1v) is 5.57. The second-order valence-electron chi connectivity index (χ2n) is 3.71. The molecule has 0 aliphatic heterocycles. The van der Waals surface area contributed by atoms with Crippen molar-refractivity contribution in [2.24, 2.45) is 0 Å². The van der Waals surface area contributed by atoms with Gasteiger partial charge in [-0.3, -0.25) is 0 Å². The summed E-state index contributed by atoms with van der Waals surface area (Å²) in [6.45, 7) is -2.95. The molecule has 1 aromatic carbocycles. The molecule has 0 aliphatic rings. The molecule has 0 radical (unpaired) electrons. The van der Waals surface area contributed by atoms with E-state index in [9.17, 15) is 13.6 Å². The Bertz CT molecular complexity index is 620. The number of aromatic carboxylic acids is 1. The van der Waals surface area contributed by atoms with Gasteiger partial charge in [-0.05, 0) is 24.3 Å². The first kappa shape index (κ1) is 13.7. The summed E-state index contributed by atoms with van der Waals surface area (Å²) in [6.07, 6.45) is 0. The number of para-hydroxylation sites is 2. The minimum atomic E-state index is -2.95. The van der Waals surface area contributed by atoms with Gasteiger partial charge in [0, 0.05) is 0 Å². The smallest absolute Gasteiger partial charge is 0.387 e. The zero-order valence-corrected chi connectivity index (χ0v) is 10.1. The summed E-state index contributed by atoms with van der Waals surface area (Å²) in [4.78, 5) is 14.6. The summed E-state index contributed by atoms with van der Waals surface area (Å²) in [5, 5.41) is 11.6. The van der Waals surface area contributed by atoms with Crippen LogP contribution in [0.4, 0.5) is 20.3 Å². The average molecular weight is 280 g/mol. The summed E-state index contributed by atoms with van der Waals surface area (Å²) >= 11 is 0. The van der Waals surface area contributed by atoms with Gasteiger partial charge in [0.05, 0.1) is 5.69 Å². The van der Waals surface area contributed by atoms with E-state index in [1.165, 1.54) is 30.3 Å². The number of benzene rings is 1. The Kier molecular flexibility index (Phi) is 4.09. The number of pyridine rings is 1. The summed E-state index contributed by atoms with van der Waals surface area (Å²) in [7, 11) is 0. The van der Waals surface area contributed by atoms with Gasteiger partial charge in [-0.15, -0.1) is 0 Å². The van der Waals surface area contributed by atoms with Crippen LogP contribution in [0.15, 0.2) is 42.5 Å². The van der Waals surface area contributed by atoms with Gasteiger partial charge in [-0.25, -0.2) is 9.78 Å². The van der Waals surface area contributed by atoms with Crippen molar-refractivity contribution >= 4 is 17.5 Å². The molecular formula is C13H10F2N2O3. The molecule has 1 heterocycles. The minimum absolute atomic E-state index is 0.0509. The fourth-order valence-corrected chi connectivity index (χ4v) is 1.53. The number of ether oxygens (including phenoxy) is 1. The van der Waals surface area contributed by atoms with Gasteiger partial charge in [0.1, 0.15) is 11.6 Å². The van der Waals surface area contributed by atoms with Crippen LogP contribution in [0.25, 0.3) is 0 Å². The highest BCUT2D eigenvalue weighted by atomic mass is 19.3. The number of hydrogen-bond acceptors (Lipinski definition) is 4. The number of anilines is 2. The number of hydrogen-bond donors (Lipinski definition) is 2. The van der Waals surface area contributed by atoms with Crippen LogP contribution in [0.1, 0.15) is 10.5 Å². The predicted octanol–water partition coefficient (Wildman–Crippen LogP) is 3.12. The van der Waals surface area contributed by atoms with E-state index in [1.807, 2.05) is 0 Å². The van der Waals surface area contributed by atoms with Crippen LogP contribution in [0.3, 0.4) is 0 Å². The van der Waals surface area contributed by atoms with Crippen molar-refractivity contribution in [2.45, 2.75) is 6.61 Å². The van der Waals surface area contributed by atoms with Crippen molar-refractivity contribution in [1.82, 2.24) is 4.98 Å². The zero-order valence-electron chi connectivity index (χ0n) is 10.1. The Morgan fingerprint density at radius 3 is 2.65 bits per heavy atom. The molecule has 0 spiro atoms. The lowest BCUT2D eigenvalue weighted by molar-refractivity contribution is -0.0493. The third-order valence-corrected chi connectivity index (χ3v) is 2.33. The lowest BCUT2D eigenvalue weighted by atomic mass is 10.3. The molecule has 0 fully saturated rings. The third kappa shape index (κ3) is 3.41. The van der Waals surface area contributed by atoms with E-state index in [-0.39, 0.29) is 22.9 Å². The molecular weight excluding hydrogens is 270 g/mol. The van der Waals surface area contributed by atoms with Crippen molar-refractivity contribution in [3.8, 4) is 5.75 Å². The van der Waals surface area contributed by atoms with Crippen LogP contribution in [-0.2, 0) is 0 Å². The number of halogens is 2. The monoisotopic (exact) mass is 280 g/mol. The maximum atomic E-state index is 12.3. The molecule has 7 heteroatoms. The largest absolute Gasteiger partial charge is 0.477 e. The van der Waals surface area contributed by atoms with Crippen LogP contribution in [0.5, 0.6) is 5.75 Å². The van der Waals surface area contributed by atoms with Gasteiger partial charge in [-0.1, -0.05) is 18.2 Å². The van der Waals surface area contributed by atoms with Crippen LogP contribution in [0, 0.1) is 0 Å². The minimum Gasteiger partial charge on any atom is -0.477 e. The van der Waals surface area contributed by atoms with Crippen molar-refractivity contribution in [3.63, 3.8) is 0 Å². The maximum absolute atomic E-state index is 12.3. The number of rotatable bonds is 5. The number of aromatic nitrogens is 1. The standard InChI is InChI=1S/C13H10F2N2O3/c14-13(15)20-10-6-2-1-4-8(10)16-11-7-3-5-9(17-11)12(18)19/h1-7,13H,(H,16,17)(H,18,19). The summed E-state index contributed by atoms with van der Waals surface area (Å²) in [5.74, 6) is -1.01. The number of alkyl halides is 2. The fraction of sp³-hybridized carbons (Fsp3) is 0.0769. The molecule has 0 amide bonds. The molecule has 0 unspecified atom stereocenters. The Labute approximate surface area is 112 Å². The van der Waals surface area contributed by atoms with Crippen LogP contribution < -0.4 is 10.1 Å². The van der Waals surface area contributed by atoms with Gasteiger partial charge in [-0.2, -0.15) is 8.78 Å². The molecule has 2 N–H and O–H groups in total. The molecule has 5 nitrogen and oxygen atoms in total. The van der Waals surface area contributed by atoms with E-state index in [1.54, 1.807) is 12.1 Å². The molecule has 0 saturated carbocycles. The second-order valence-corrected chi connectivity index (χ2v) is 3.71. The highest BCUT2D eigenvalue weighted by Gasteiger charge is 2.10. The molecule has 0 saturated heterocycles. The zero-order chi connectivity index (χ0) is 14.5. The molecule has 2 rings (SSSR count). The SMILES string of the molecule is O=C(O)c1cccc(Nc2ccccc2OC(F)F)n1. The van der Waals surface area contributed by atoms with Crippen molar-refractivity contribution in [3.05, 3.63) is 48.2 Å². The third-order valence-electron chi connectivity index (χ3n) is 2.33. The average Bonchev–Trinajstić information content (AvgIpc) is 2.41. The van der Waals surface area contributed by atoms with E-state index >= 15 is 0 Å². The second kappa shape index (κ2) is 5.96. The number of carbonyl (C=O) groups is 1. The Hall–Kier alpha value is -2.70. The van der Waals surface area contributed by atoms with Gasteiger partial charge < -0.3 is 15.2 Å². The number of nitrogens with zero attached hydrogens (tertiary/aromatic N) is 1. The van der Waals surface area contributed by atoms with Gasteiger partial charge in [0.25, 0.3) is 0 Å². The lowest BCUT2D eigenvalue weighted by Crippen LogP contribution is -2.06. The highest BCUT2D eigenvalue weighted by Crippen LogP contribution is 2.28. The van der Waals surface area contributed by atoms with E-state index in [0.717, 1.165) is 0 Å². The summed E-state index contributed by atoms with van der Waals surface area (Å²) in [6, 6.07) is 10.4. The number of nitrogens with one attached hydrogen (secondary N) is 1. The molecule has 0 atom stereocenters. The van der Waals surface area contributed by atoms with Crippen LogP contribution >= 0.6 is 0 Å². The van der Waals surface area contributed by atoms with E-state index in [4.69, 9.17) is 5.11 Å². The Morgan fingerprint density at radius 2 is 1.95 bits per heavy atom. The van der Waals surface area contributed by atoms with Crippen molar-refractivity contribution in [2.75, 3.05) is 5.32 Å². The van der Waals surface area contributed by atoms with Crippen LogP contribution in [-0.4, -0.2) is 22.7 Å². The van der Waals surface area contributed by atoms with Gasteiger partial charge in [0.2, 0.25) is 0 Å². The molecule has 0 bridgehead atoms. The summed E-state index contributed by atoms with van der Waals surface area (Å²) in [5.41, 5.74) is 0.116. The Morgan fingerprint density at radius 1 is 1.20 bits per heavy atom. The predicted molar refractivity (Wildman–Crippen MR) is 67.6 cm³/mol. The quantitative estimate of drug-likeness (QED) is 0.880. The van der Waals surface area contributed by atoms with Crippen molar-refractivity contribution in [1.29, 1.82) is 0 Å². The normalized spacial score (nSPS) is 10.3. The maximum Gasteiger partial charge on any atom is 0.387 e. The van der Waals surface area contributed by atoms with E-state index < -0.39 is 12.6 Å². The molecule has 104 valence electrons. The lowest BCUT2D eigenvalue weighted by Gasteiger charge is -2.12. The first-order valence-electron chi connectivity index (χ1n) is 5.57. The molecule has 2 aromatic rings. The van der Waals surface area contributed by atoms with Crippen molar-refractivity contribution < 1.29 is 23.4 Å². The van der Waals surface area contributed by atoms with Crippen LogP contribution in [0.2, 0.25) is 0 Å². The number of carboxylic acid groups (broad SMARTS) is 1. The fourth-order valence-electron chi connectivity index (χ4n) is 1.53. The highest BCUT2D eigenvalue weighted by molar-refractivity contribution is 5.86. The summed E-state index contributed by atoms with van der Waals surface area (Å²) < 4.78 is 28.9. The van der Waals surface area contributed by atoms with E-state index in [0.29, 0.717) is 0 Å². The van der Waals surface area contributed by atoms with E-state index in [2.05, 4.69) is 15.0 Å². The first-order chi connectivity index (χ1) is 9.56. The Balaban J connectivity index is 2.25. The number of carboxylic acids is 1. The van der Waals surface area contributed by atoms with Gasteiger partial charge in [0.15, 0.2) is 5.69 Å². The topological polar surface area (TPSA) is 71.5 Å². The molecule has 0 aliphatic carbocycles. The molecule has 20 heavy (non-hydrogen) atoms. The molecule has 1 aromatic heterocycles. The van der Waals surface area contributed by atoms with Gasteiger partial charge >= 0.3 is 12.6 Å².